The van der Waals surface area contributed by atoms with Crippen LogP contribution in [0.2, 0.25) is 0 Å². The predicted octanol–water partition coefficient (Wildman–Crippen LogP) is 1.33. The van der Waals surface area contributed by atoms with E-state index >= 15 is 0 Å². The van der Waals surface area contributed by atoms with Gasteiger partial charge in [0.05, 0.1) is 5.92 Å². The molecule has 2 atom stereocenters. The van der Waals surface area contributed by atoms with E-state index in [2.05, 4.69) is 12.2 Å². The normalized spacial score (nSPS) is 33.5. The van der Waals surface area contributed by atoms with Crippen molar-refractivity contribution in [3.8, 4) is 0 Å². The molecule has 2 aliphatic rings. The van der Waals surface area contributed by atoms with Crippen LogP contribution in [0.3, 0.4) is 0 Å². The number of esters is 1. The highest BCUT2D eigenvalue weighted by Crippen LogP contribution is 2.24. The van der Waals surface area contributed by atoms with Gasteiger partial charge in [0.15, 0.2) is 0 Å². The third kappa shape index (κ3) is 2.08. The third-order valence-corrected chi connectivity index (χ3v) is 3.41. The molecular weight excluding hydrogens is 178 g/mol. The number of nitrogens with one attached hydrogen (secondary N) is 1. The summed E-state index contributed by atoms with van der Waals surface area (Å²) in [7, 11) is 0. The van der Waals surface area contributed by atoms with E-state index in [4.69, 9.17) is 4.74 Å². The Balaban J connectivity index is 1.82. The standard InChI is InChI=1S/C11H19NO2/c1-8-6-12-7-10(8)11(13)14-9-4-2-3-5-9/h8-10,12H,2-7H2,1H3/t8-,10-/m1/s1. The highest BCUT2D eigenvalue weighted by molar-refractivity contribution is 5.73. The van der Waals surface area contributed by atoms with Crippen molar-refractivity contribution in [1.82, 2.24) is 5.32 Å². The van der Waals surface area contributed by atoms with Crippen molar-refractivity contribution in [2.75, 3.05) is 13.1 Å². The lowest BCUT2D eigenvalue weighted by molar-refractivity contribution is -0.154. The highest BCUT2D eigenvalue weighted by atomic mass is 16.5. The Morgan fingerprint density at radius 1 is 1.29 bits per heavy atom. The van der Waals surface area contributed by atoms with Crippen molar-refractivity contribution < 1.29 is 9.53 Å². The zero-order valence-electron chi connectivity index (χ0n) is 8.79. The van der Waals surface area contributed by atoms with E-state index < -0.39 is 0 Å². The maximum Gasteiger partial charge on any atom is 0.310 e. The zero-order valence-corrected chi connectivity index (χ0v) is 8.79. The van der Waals surface area contributed by atoms with Crippen LogP contribution in [0.15, 0.2) is 0 Å². The van der Waals surface area contributed by atoms with E-state index in [1.807, 2.05) is 0 Å². The van der Waals surface area contributed by atoms with Gasteiger partial charge in [0.25, 0.3) is 0 Å². The fourth-order valence-electron chi connectivity index (χ4n) is 2.38. The van der Waals surface area contributed by atoms with Crippen molar-refractivity contribution in [3.63, 3.8) is 0 Å². The number of carbonyl (C=O) groups is 1. The lowest BCUT2D eigenvalue weighted by Gasteiger charge is -2.17. The minimum atomic E-state index is 0.0226. The summed E-state index contributed by atoms with van der Waals surface area (Å²) in [4.78, 5) is 11.7. The van der Waals surface area contributed by atoms with Gasteiger partial charge in [-0.25, -0.2) is 0 Å². The Morgan fingerprint density at radius 3 is 2.57 bits per heavy atom. The number of hydrogen-bond donors (Lipinski definition) is 1. The summed E-state index contributed by atoms with van der Waals surface area (Å²) in [5.74, 6) is 0.550. The fraction of sp³-hybridized carbons (Fsp3) is 0.909. The number of hydrogen-bond acceptors (Lipinski definition) is 3. The van der Waals surface area contributed by atoms with Gasteiger partial charge in [-0.15, -0.1) is 0 Å². The first kappa shape index (κ1) is 9.97. The van der Waals surface area contributed by atoms with Gasteiger partial charge in [0, 0.05) is 6.54 Å². The molecule has 14 heavy (non-hydrogen) atoms. The second kappa shape index (κ2) is 4.30. The molecule has 80 valence electrons. The summed E-state index contributed by atoms with van der Waals surface area (Å²) in [6.07, 6.45) is 4.79. The molecule has 0 bridgehead atoms. The number of rotatable bonds is 2. The average Bonchev–Trinajstić information content (AvgIpc) is 2.75. The molecule has 1 N–H and O–H groups in total. The van der Waals surface area contributed by atoms with Crippen molar-refractivity contribution >= 4 is 5.97 Å². The summed E-state index contributed by atoms with van der Waals surface area (Å²) in [5.41, 5.74) is 0. The molecule has 0 radical (unpaired) electrons. The Morgan fingerprint density at radius 2 is 2.00 bits per heavy atom. The average molecular weight is 197 g/mol. The van der Waals surface area contributed by atoms with Crippen LogP contribution in [0.5, 0.6) is 0 Å². The van der Waals surface area contributed by atoms with E-state index in [0.29, 0.717) is 5.92 Å². The van der Waals surface area contributed by atoms with Gasteiger partial charge < -0.3 is 10.1 Å². The maximum absolute atomic E-state index is 11.7. The molecule has 0 unspecified atom stereocenters. The highest BCUT2D eigenvalue weighted by Gasteiger charge is 2.32. The molecule has 0 amide bonds. The van der Waals surface area contributed by atoms with Gasteiger partial charge in [-0.1, -0.05) is 6.92 Å². The summed E-state index contributed by atoms with van der Waals surface area (Å²) in [5, 5.41) is 3.23. The first-order valence-electron chi connectivity index (χ1n) is 5.68. The summed E-state index contributed by atoms with van der Waals surface area (Å²) >= 11 is 0. The molecule has 1 aliphatic carbocycles. The van der Waals surface area contributed by atoms with Gasteiger partial charge in [-0.3, -0.25) is 4.79 Å². The SMILES string of the molecule is C[C@@H]1CNC[C@H]1C(=O)OC1CCCC1. The van der Waals surface area contributed by atoms with Crippen LogP contribution in [0.25, 0.3) is 0 Å². The van der Waals surface area contributed by atoms with Crippen LogP contribution in [0.1, 0.15) is 32.6 Å². The van der Waals surface area contributed by atoms with Crippen molar-refractivity contribution in [2.45, 2.75) is 38.7 Å². The Kier molecular flexibility index (Phi) is 3.06. The van der Waals surface area contributed by atoms with E-state index in [9.17, 15) is 4.79 Å². The largest absolute Gasteiger partial charge is 0.462 e. The topological polar surface area (TPSA) is 38.3 Å². The second-order valence-electron chi connectivity index (χ2n) is 4.59. The van der Waals surface area contributed by atoms with Gasteiger partial charge in [-0.2, -0.15) is 0 Å². The minimum Gasteiger partial charge on any atom is -0.462 e. The van der Waals surface area contributed by atoms with Gasteiger partial charge in [0.1, 0.15) is 6.10 Å². The Hall–Kier alpha value is -0.570. The first-order chi connectivity index (χ1) is 6.77. The third-order valence-electron chi connectivity index (χ3n) is 3.41. The van der Waals surface area contributed by atoms with Gasteiger partial charge >= 0.3 is 5.97 Å². The maximum atomic E-state index is 11.7. The molecule has 2 rings (SSSR count). The summed E-state index contributed by atoms with van der Waals surface area (Å²) < 4.78 is 5.49. The van der Waals surface area contributed by atoms with Crippen molar-refractivity contribution in [1.29, 1.82) is 0 Å². The lowest BCUT2D eigenvalue weighted by Crippen LogP contribution is -2.27. The lowest BCUT2D eigenvalue weighted by atomic mass is 9.98. The number of carbonyl (C=O) groups excluding carboxylic acids is 1. The minimum absolute atomic E-state index is 0.0226. The van der Waals surface area contributed by atoms with Crippen LogP contribution in [-0.2, 0) is 9.53 Å². The van der Waals surface area contributed by atoms with Crippen molar-refractivity contribution in [3.05, 3.63) is 0 Å². The van der Waals surface area contributed by atoms with Crippen LogP contribution in [0.4, 0.5) is 0 Å². The summed E-state index contributed by atoms with van der Waals surface area (Å²) in [6.45, 7) is 3.86. The van der Waals surface area contributed by atoms with E-state index in [1.165, 1.54) is 12.8 Å². The molecule has 0 spiro atoms. The van der Waals surface area contributed by atoms with Crippen molar-refractivity contribution in [2.24, 2.45) is 11.8 Å². The monoisotopic (exact) mass is 197 g/mol. The molecule has 3 heteroatoms. The molecule has 1 saturated heterocycles. The molecular formula is C11H19NO2. The molecule has 1 heterocycles. The fourth-order valence-corrected chi connectivity index (χ4v) is 2.38. The number of ether oxygens (including phenoxy) is 1. The van der Waals surface area contributed by atoms with Crippen LogP contribution in [-0.4, -0.2) is 25.2 Å². The quantitative estimate of drug-likeness (QED) is 0.679. The molecule has 0 aromatic rings. The predicted molar refractivity (Wildman–Crippen MR) is 53.9 cm³/mol. The molecule has 0 aromatic heterocycles. The smallest absolute Gasteiger partial charge is 0.310 e. The van der Waals surface area contributed by atoms with Crippen LogP contribution in [0, 0.1) is 11.8 Å². The Bertz CT molecular complexity index is 211. The summed E-state index contributed by atoms with van der Waals surface area (Å²) in [6, 6.07) is 0. The zero-order chi connectivity index (χ0) is 9.97. The second-order valence-corrected chi connectivity index (χ2v) is 4.59. The molecule has 3 nitrogen and oxygen atoms in total. The van der Waals surface area contributed by atoms with Crippen LogP contribution >= 0.6 is 0 Å². The van der Waals surface area contributed by atoms with Gasteiger partial charge in [0.2, 0.25) is 0 Å². The molecule has 1 saturated carbocycles. The molecule has 2 fully saturated rings. The molecule has 1 aliphatic heterocycles. The van der Waals surface area contributed by atoms with Crippen LogP contribution < -0.4 is 5.32 Å². The van der Waals surface area contributed by atoms with E-state index in [-0.39, 0.29) is 18.0 Å². The Labute approximate surface area is 85.2 Å². The van der Waals surface area contributed by atoms with E-state index in [1.54, 1.807) is 0 Å². The first-order valence-corrected chi connectivity index (χ1v) is 5.68. The molecule has 0 aromatic carbocycles. The van der Waals surface area contributed by atoms with E-state index in [0.717, 1.165) is 25.9 Å². The van der Waals surface area contributed by atoms with Gasteiger partial charge in [-0.05, 0) is 38.1 Å².